The first-order valence-corrected chi connectivity index (χ1v) is 10.0. The molecule has 1 saturated heterocycles. The highest BCUT2D eigenvalue weighted by Gasteiger charge is 2.35. The fourth-order valence-electron chi connectivity index (χ4n) is 3.87. The molecule has 2 unspecified atom stereocenters. The predicted molar refractivity (Wildman–Crippen MR) is 114 cm³/mol. The molecular formula is C23H26N4O3. The molecule has 7 nitrogen and oxygen atoms in total. The third kappa shape index (κ3) is 4.37. The van der Waals surface area contributed by atoms with Crippen molar-refractivity contribution in [2.75, 3.05) is 12.3 Å². The summed E-state index contributed by atoms with van der Waals surface area (Å²) in [4.78, 5) is 18.8. The molecule has 0 saturated carbocycles. The Kier molecular flexibility index (Phi) is 5.83. The van der Waals surface area contributed by atoms with E-state index in [9.17, 15) is 9.90 Å². The van der Waals surface area contributed by atoms with E-state index in [1.807, 2.05) is 54.3 Å². The molecule has 3 aromatic rings. The van der Waals surface area contributed by atoms with Crippen LogP contribution < -0.4 is 11.1 Å². The van der Waals surface area contributed by atoms with E-state index in [0.29, 0.717) is 31.8 Å². The van der Waals surface area contributed by atoms with E-state index in [2.05, 4.69) is 10.3 Å². The number of aromatic nitrogens is 1. The minimum Gasteiger partial charge on any atom is -0.444 e. The zero-order valence-electron chi connectivity index (χ0n) is 16.9. The Morgan fingerprint density at radius 2 is 2.10 bits per heavy atom. The molecule has 0 aliphatic carbocycles. The number of carbonyl (C=O) groups excluding carboxylic acids is 1. The van der Waals surface area contributed by atoms with Crippen LogP contribution >= 0.6 is 0 Å². The van der Waals surface area contributed by atoms with Gasteiger partial charge in [-0.25, -0.2) is 4.98 Å². The van der Waals surface area contributed by atoms with Gasteiger partial charge in [-0.2, -0.15) is 0 Å². The molecule has 1 amide bonds. The maximum atomic E-state index is 12.9. The van der Waals surface area contributed by atoms with Gasteiger partial charge < -0.3 is 20.6 Å². The molecule has 0 radical (unpaired) electrons. The van der Waals surface area contributed by atoms with E-state index < -0.39 is 6.10 Å². The standard InChI is InChI=1S/C23H26N4O3/c1-15-18(3-2-4-20(15)24)12-27-13-19(28)9-21(27)23(29)26-10-16-5-7-17(8-6-16)22-11-25-14-30-22/h2-8,11,14,19,21,28H,9-10,12-13,24H2,1H3,(H,26,29). The number of amides is 1. The topological polar surface area (TPSA) is 105 Å². The highest BCUT2D eigenvalue weighted by molar-refractivity contribution is 5.82. The average molecular weight is 406 g/mol. The maximum Gasteiger partial charge on any atom is 0.237 e. The lowest BCUT2D eigenvalue weighted by atomic mass is 10.1. The zero-order valence-corrected chi connectivity index (χ0v) is 16.9. The van der Waals surface area contributed by atoms with Crippen molar-refractivity contribution < 1.29 is 14.3 Å². The largest absolute Gasteiger partial charge is 0.444 e. The van der Waals surface area contributed by atoms with Crippen LogP contribution in [0.3, 0.4) is 0 Å². The number of nitrogen functional groups attached to an aromatic ring is 1. The van der Waals surface area contributed by atoms with E-state index in [0.717, 1.165) is 27.9 Å². The summed E-state index contributed by atoms with van der Waals surface area (Å²) in [6, 6.07) is 13.2. The molecule has 1 fully saturated rings. The average Bonchev–Trinajstić information content (AvgIpc) is 3.40. The Labute approximate surface area is 175 Å². The van der Waals surface area contributed by atoms with Crippen molar-refractivity contribution in [3.05, 3.63) is 71.7 Å². The molecule has 7 heteroatoms. The summed E-state index contributed by atoms with van der Waals surface area (Å²) in [5, 5.41) is 13.2. The minimum absolute atomic E-state index is 0.0765. The molecular weight excluding hydrogens is 380 g/mol. The molecule has 30 heavy (non-hydrogen) atoms. The lowest BCUT2D eigenvalue weighted by Crippen LogP contribution is -2.42. The van der Waals surface area contributed by atoms with Gasteiger partial charge in [-0.3, -0.25) is 9.69 Å². The van der Waals surface area contributed by atoms with Crippen molar-refractivity contribution in [2.24, 2.45) is 0 Å². The van der Waals surface area contributed by atoms with E-state index in [4.69, 9.17) is 10.2 Å². The van der Waals surface area contributed by atoms with Gasteiger partial charge in [-0.05, 0) is 36.1 Å². The lowest BCUT2D eigenvalue weighted by Gasteiger charge is -2.24. The van der Waals surface area contributed by atoms with E-state index in [-0.39, 0.29) is 11.9 Å². The predicted octanol–water partition coefficient (Wildman–Crippen LogP) is 2.48. The number of benzene rings is 2. The number of nitrogens with two attached hydrogens (primary N) is 1. The molecule has 0 spiro atoms. The summed E-state index contributed by atoms with van der Waals surface area (Å²) < 4.78 is 5.29. The van der Waals surface area contributed by atoms with Crippen LogP contribution in [-0.2, 0) is 17.9 Å². The van der Waals surface area contributed by atoms with Crippen molar-refractivity contribution >= 4 is 11.6 Å². The van der Waals surface area contributed by atoms with Crippen LogP contribution in [-0.4, -0.2) is 39.6 Å². The van der Waals surface area contributed by atoms with Crippen LogP contribution in [0, 0.1) is 6.92 Å². The molecule has 4 rings (SSSR count). The van der Waals surface area contributed by atoms with Gasteiger partial charge in [0.25, 0.3) is 0 Å². The first kappa shape index (κ1) is 20.1. The Morgan fingerprint density at radius 3 is 2.83 bits per heavy atom. The number of nitrogens with one attached hydrogen (secondary N) is 1. The molecule has 156 valence electrons. The Balaban J connectivity index is 1.38. The number of rotatable bonds is 6. The van der Waals surface area contributed by atoms with Gasteiger partial charge in [0.05, 0.1) is 18.3 Å². The summed E-state index contributed by atoms with van der Waals surface area (Å²) in [5.74, 6) is 0.630. The zero-order chi connectivity index (χ0) is 21.1. The second-order valence-corrected chi connectivity index (χ2v) is 7.75. The van der Waals surface area contributed by atoms with Crippen LogP contribution in [0.1, 0.15) is 23.1 Å². The summed E-state index contributed by atoms with van der Waals surface area (Å²) in [5.41, 5.74) is 10.8. The van der Waals surface area contributed by atoms with Gasteiger partial charge in [0.1, 0.15) is 0 Å². The third-order valence-electron chi connectivity index (χ3n) is 5.68. The van der Waals surface area contributed by atoms with E-state index >= 15 is 0 Å². The number of nitrogens with zero attached hydrogens (tertiary/aromatic N) is 2. The third-order valence-corrected chi connectivity index (χ3v) is 5.68. The minimum atomic E-state index is -0.511. The Hall–Kier alpha value is -3.16. The first-order valence-electron chi connectivity index (χ1n) is 10.0. The summed E-state index contributed by atoms with van der Waals surface area (Å²) in [6.07, 6.45) is 2.98. The van der Waals surface area contributed by atoms with Crippen LogP contribution in [0.15, 0.2) is 59.5 Å². The number of hydrogen-bond donors (Lipinski definition) is 3. The second kappa shape index (κ2) is 8.69. The lowest BCUT2D eigenvalue weighted by molar-refractivity contribution is -0.125. The smallest absolute Gasteiger partial charge is 0.237 e. The first-order chi connectivity index (χ1) is 14.5. The second-order valence-electron chi connectivity index (χ2n) is 7.75. The van der Waals surface area contributed by atoms with Crippen molar-refractivity contribution in [2.45, 2.75) is 38.6 Å². The number of oxazole rings is 1. The Bertz CT molecular complexity index is 1000. The maximum absolute atomic E-state index is 12.9. The monoisotopic (exact) mass is 406 g/mol. The normalized spacial score (nSPS) is 19.1. The van der Waals surface area contributed by atoms with Crippen molar-refractivity contribution in [1.29, 1.82) is 0 Å². The highest BCUT2D eigenvalue weighted by atomic mass is 16.3. The number of β-amino-alcohol motifs (C(OH)–C–C–N with tert-alkyl or cyclic N) is 1. The molecule has 1 aromatic heterocycles. The van der Waals surface area contributed by atoms with Crippen molar-refractivity contribution in [1.82, 2.24) is 15.2 Å². The van der Waals surface area contributed by atoms with Gasteiger partial charge >= 0.3 is 0 Å². The van der Waals surface area contributed by atoms with Gasteiger partial charge in [0.15, 0.2) is 12.2 Å². The number of aliphatic hydroxyl groups excluding tert-OH is 1. The Morgan fingerprint density at radius 1 is 1.30 bits per heavy atom. The SMILES string of the molecule is Cc1c(N)cccc1CN1CC(O)CC1C(=O)NCc1ccc(-c2cnco2)cc1. The number of aliphatic hydroxyl groups is 1. The van der Waals surface area contributed by atoms with Crippen LogP contribution in [0.5, 0.6) is 0 Å². The van der Waals surface area contributed by atoms with Gasteiger partial charge in [0.2, 0.25) is 5.91 Å². The van der Waals surface area contributed by atoms with Crippen molar-refractivity contribution in [3.63, 3.8) is 0 Å². The number of hydrogen-bond acceptors (Lipinski definition) is 6. The number of likely N-dealkylation sites (tertiary alicyclic amines) is 1. The van der Waals surface area contributed by atoms with Crippen molar-refractivity contribution in [3.8, 4) is 11.3 Å². The fraction of sp³-hybridized carbons (Fsp3) is 0.304. The van der Waals surface area contributed by atoms with Crippen LogP contribution in [0.25, 0.3) is 11.3 Å². The highest BCUT2D eigenvalue weighted by Crippen LogP contribution is 2.24. The molecule has 1 aliphatic heterocycles. The molecule has 2 atom stereocenters. The molecule has 2 heterocycles. The van der Waals surface area contributed by atoms with Gasteiger partial charge in [-0.1, -0.05) is 36.4 Å². The van der Waals surface area contributed by atoms with Crippen LogP contribution in [0.2, 0.25) is 0 Å². The molecule has 2 aromatic carbocycles. The fourth-order valence-corrected chi connectivity index (χ4v) is 3.87. The quantitative estimate of drug-likeness (QED) is 0.543. The molecule has 4 N–H and O–H groups in total. The molecule has 0 bridgehead atoms. The van der Waals surface area contributed by atoms with Gasteiger partial charge in [-0.15, -0.1) is 0 Å². The summed E-state index contributed by atoms with van der Waals surface area (Å²) >= 11 is 0. The summed E-state index contributed by atoms with van der Waals surface area (Å²) in [7, 11) is 0. The molecule has 1 aliphatic rings. The van der Waals surface area contributed by atoms with Gasteiger partial charge in [0, 0.05) is 30.9 Å². The van der Waals surface area contributed by atoms with Crippen LogP contribution in [0.4, 0.5) is 5.69 Å². The number of anilines is 1. The summed E-state index contributed by atoms with van der Waals surface area (Å²) in [6.45, 7) is 3.46. The number of carbonyl (C=O) groups is 1. The van der Waals surface area contributed by atoms with E-state index in [1.165, 1.54) is 6.39 Å². The van der Waals surface area contributed by atoms with E-state index in [1.54, 1.807) is 6.20 Å².